The monoisotopic (exact) mass is 403 g/mol. The summed E-state index contributed by atoms with van der Waals surface area (Å²) in [5.74, 6) is -0.739. The normalized spacial score (nSPS) is 13.7. The third-order valence-corrected chi connectivity index (χ3v) is 4.39. The second-order valence-corrected chi connectivity index (χ2v) is 6.82. The molecule has 1 amide bonds. The van der Waals surface area contributed by atoms with Crippen LogP contribution in [-0.4, -0.2) is 31.6 Å². The Bertz CT molecular complexity index is 1130. The summed E-state index contributed by atoms with van der Waals surface area (Å²) in [6.07, 6.45) is -4.51. The van der Waals surface area contributed by atoms with E-state index >= 15 is 0 Å². The highest BCUT2D eigenvalue weighted by Gasteiger charge is 2.33. The number of aliphatic hydroxyl groups is 1. The molecule has 0 saturated carbocycles. The van der Waals surface area contributed by atoms with Gasteiger partial charge in [-0.1, -0.05) is 5.21 Å². The van der Waals surface area contributed by atoms with Gasteiger partial charge in [-0.2, -0.15) is 18.4 Å². The Morgan fingerprint density at radius 2 is 2.00 bits per heavy atom. The Labute approximate surface area is 163 Å². The van der Waals surface area contributed by atoms with E-state index in [1.54, 1.807) is 19.1 Å². The van der Waals surface area contributed by atoms with E-state index in [2.05, 4.69) is 15.6 Å². The number of anilines is 1. The molecule has 1 atom stereocenters. The molecule has 150 valence electrons. The number of nitrogens with zero attached hydrogens (tertiary/aromatic N) is 4. The van der Waals surface area contributed by atoms with Crippen molar-refractivity contribution in [3.63, 3.8) is 0 Å². The molecule has 3 rings (SSSR count). The molecule has 1 heterocycles. The average molecular weight is 403 g/mol. The predicted octanol–water partition coefficient (Wildman–Crippen LogP) is 3.02. The van der Waals surface area contributed by atoms with Crippen LogP contribution in [0.25, 0.3) is 11.0 Å². The molecule has 0 saturated heterocycles. The number of aromatic nitrogens is 3. The van der Waals surface area contributed by atoms with Gasteiger partial charge in [0, 0.05) is 5.69 Å². The number of halogens is 3. The maximum atomic E-state index is 12.8. The summed E-state index contributed by atoms with van der Waals surface area (Å²) in [6, 6.07) is 9.61. The van der Waals surface area contributed by atoms with Crippen LogP contribution in [-0.2, 0) is 17.5 Å². The topological polar surface area (TPSA) is 104 Å². The Hall–Kier alpha value is -3.45. The van der Waals surface area contributed by atoms with E-state index < -0.39 is 23.2 Å². The van der Waals surface area contributed by atoms with Gasteiger partial charge in [-0.15, -0.1) is 5.10 Å². The average Bonchev–Trinajstić information content (AvgIpc) is 3.03. The number of rotatable bonds is 4. The van der Waals surface area contributed by atoms with E-state index in [-0.39, 0.29) is 17.6 Å². The molecule has 0 bridgehead atoms. The number of nitrogens with one attached hydrogen (secondary N) is 1. The lowest BCUT2D eigenvalue weighted by atomic mass is 10.0. The minimum atomic E-state index is -4.51. The lowest BCUT2D eigenvalue weighted by Gasteiger charge is -2.22. The molecule has 0 spiro atoms. The minimum Gasteiger partial charge on any atom is -0.378 e. The first-order valence-electron chi connectivity index (χ1n) is 8.46. The highest BCUT2D eigenvalue weighted by atomic mass is 19.4. The van der Waals surface area contributed by atoms with Crippen LogP contribution in [0.15, 0.2) is 36.4 Å². The maximum absolute atomic E-state index is 12.8. The Balaban J connectivity index is 1.80. The fourth-order valence-electron chi connectivity index (χ4n) is 2.76. The Morgan fingerprint density at radius 1 is 1.28 bits per heavy atom. The van der Waals surface area contributed by atoms with Crippen molar-refractivity contribution in [1.29, 1.82) is 5.26 Å². The summed E-state index contributed by atoms with van der Waals surface area (Å²) < 4.78 is 39.6. The maximum Gasteiger partial charge on any atom is 0.416 e. The van der Waals surface area contributed by atoms with Crippen LogP contribution >= 0.6 is 0 Å². The second-order valence-electron chi connectivity index (χ2n) is 6.82. The smallest absolute Gasteiger partial charge is 0.378 e. The van der Waals surface area contributed by atoms with E-state index in [1.807, 2.05) is 6.07 Å². The van der Waals surface area contributed by atoms with Gasteiger partial charge in [0.2, 0.25) is 0 Å². The molecule has 0 unspecified atom stereocenters. The van der Waals surface area contributed by atoms with Crippen molar-refractivity contribution in [2.45, 2.75) is 32.2 Å². The Morgan fingerprint density at radius 3 is 2.62 bits per heavy atom. The molecule has 3 aromatic rings. The first-order valence-corrected chi connectivity index (χ1v) is 8.46. The summed E-state index contributed by atoms with van der Waals surface area (Å²) in [7, 11) is 0. The van der Waals surface area contributed by atoms with Gasteiger partial charge in [-0.05, 0) is 55.8 Å². The molecule has 1 aromatic heterocycles. The molecule has 29 heavy (non-hydrogen) atoms. The van der Waals surface area contributed by atoms with E-state index in [0.29, 0.717) is 16.8 Å². The second kappa shape index (κ2) is 7.18. The zero-order valence-electron chi connectivity index (χ0n) is 15.4. The molecule has 7 nitrogen and oxygen atoms in total. The van der Waals surface area contributed by atoms with Gasteiger partial charge >= 0.3 is 6.18 Å². The third-order valence-electron chi connectivity index (χ3n) is 4.39. The molecule has 0 aliphatic heterocycles. The van der Waals surface area contributed by atoms with Gasteiger partial charge in [0.1, 0.15) is 5.52 Å². The van der Waals surface area contributed by atoms with Crippen LogP contribution in [0.3, 0.4) is 0 Å². The zero-order valence-corrected chi connectivity index (χ0v) is 15.4. The molecular formula is C19H16F3N5O2. The van der Waals surface area contributed by atoms with Crippen LogP contribution in [0, 0.1) is 18.3 Å². The molecular weight excluding hydrogens is 387 g/mol. The molecule has 0 fully saturated rings. The first-order chi connectivity index (χ1) is 13.5. The van der Waals surface area contributed by atoms with Crippen molar-refractivity contribution in [3.05, 3.63) is 53.1 Å². The lowest BCUT2D eigenvalue weighted by molar-refractivity contribution is -0.137. The van der Waals surface area contributed by atoms with Crippen LogP contribution in [0.2, 0.25) is 0 Å². The number of nitriles is 1. The number of carbonyl (C=O) groups excluding carboxylic acids is 1. The molecule has 10 heteroatoms. The fourth-order valence-corrected chi connectivity index (χ4v) is 2.76. The van der Waals surface area contributed by atoms with Crippen molar-refractivity contribution in [2.24, 2.45) is 0 Å². The van der Waals surface area contributed by atoms with Gasteiger partial charge < -0.3 is 10.4 Å². The van der Waals surface area contributed by atoms with Crippen molar-refractivity contribution in [1.82, 2.24) is 15.0 Å². The number of benzene rings is 2. The zero-order chi connectivity index (χ0) is 21.4. The summed E-state index contributed by atoms with van der Waals surface area (Å²) in [5.41, 5.74) is -1.03. The van der Waals surface area contributed by atoms with E-state index in [1.165, 1.54) is 23.7 Å². The van der Waals surface area contributed by atoms with Crippen LogP contribution in [0.4, 0.5) is 18.9 Å². The van der Waals surface area contributed by atoms with Crippen molar-refractivity contribution in [2.75, 3.05) is 5.32 Å². The summed E-state index contributed by atoms with van der Waals surface area (Å²) in [5, 5.41) is 29.6. The fraction of sp³-hybridized carbons (Fsp3) is 0.263. The van der Waals surface area contributed by atoms with Gasteiger partial charge in [-0.25, -0.2) is 4.68 Å². The summed E-state index contributed by atoms with van der Waals surface area (Å²) in [6.45, 7) is 2.65. The third kappa shape index (κ3) is 4.20. The van der Waals surface area contributed by atoms with E-state index in [4.69, 9.17) is 5.26 Å². The number of hydrogen-bond acceptors (Lipinski definition) is 5. The highest BCUT2D eigenvalue weighted by molar-refractivity contribution is 5.97. The number of aryl methyl sites for hydroxylation is 1. The van der Waals surface area contributed by atoms with Crippen LogP contribution in [0.5, 0.6) is 0 Å². The Kier molecular flexibility index (Phi) is 5.02. The summed E-state index contributed by atoms with van der Waals surface area (Å²) >= 11 is 0. The first kappa shape index (κ1) is 20.3. The summed E-state index contributed by atoms with van der Waals surface area (Å²) in [4.78, 5) is 12.5. The SMILES string of the molecule is Cc1cc(NC(=O)[C@@](C)(O)Cn2nnc3cc(C(F)(F)F)ccc32)ccc1C#N. The van der Waals surface area contributed by atoms with Gasteiger partial charge in [0.15, 0.2) is 5.60 Å². The van der Waals surface area contributed by atoms with Gasteiger partial charge in [0.25, 0.3) is 5.91 Å². The minimum absolute atomic E-state index is 0.00116. The molecule has 0 aliphatic carbocycles. The largest absolute Gasteiger partial charge is 0.416 e. The number of hydrogen-bond donors (Lipinski definition) is 2. The van der Waals surface area contributed by atoms with Gasteiger partial charge in [-0.3, -0.25) is 4.79 Å². The number of amides is 1. The standard InChI is InChI=1S/C19H16F3N5O2/c1-11-7-14(5-3-12(11)9-23)24-17(28)18(2,29)10-27-16-6-4-13(19(20,21)22)8-15(16)25-26-27/h3-8,29H,10H2,1-2H3,(H,24,28)/t18-/m0/s1. The number of carbonyl (C=O) groups is 1. The molecule has 2 aromatic carbocycles. The lowest BCUT2D eigenvalue weighted by Crippen LogP contribution is -2.44. The predicted molar refractivity (Wildman–Crippen MR) is 97.7 cm³/mol. The van der Waals surface area contributed by atoms with Crippen molar-refractivity contribution < 1.29 is 23.1 Å². The van der Waals surface area contributed by atoms with Crippen molar-refractivity contribution >= 4 is 22.6 Å². The van der Waals surface area contributed by atoms with Crippen molar-refractivity contribution in [3.8, 4) is 6.07 Å². The number of fused-ring (bicyclic) bond motifs is 1. The quantitative estimate of drug-likeness (QED) is 0.697. The van der Waals surface area contributed by atoms with Crippen LogP contribution < -0.4 is 5.32 Å². The molecule has 0 radical (unpaired) electrons. The molecule has 0 aliphatic rings. The molecule has 2 N–H and O–H groups in total. The highest BCUT2D eigenvalue weighted by Crippen LogP contribution is 2.31. The van der Waals surface area contributed by atoms with E-state index in [0.717, 1.165) is 12.1 Å². The number of alkyl halides is 3. The van der Waals surface area contributed by atoms with Crippen LogP contribution in [0.1, 0.15) is 23.6 Å². The van der Waals surface area contributed by atoms with E-state index in [9.17, 15) is 23.1 Å². The van der Waals surface area contributed by atoms with Gasteiger partial charge in [0.05, 0.1) is 29.3 Å².